The van der Waals surface area contributed by atoms with E-state index in [2.05, 4.69) is 35.2 Å². The summed E-state index contributed by atoms with van der Waals surface area (Å²) in [5.41, 5.74) is 1.47. The monoisotopic (exact) mass is 301 g/mol. The Hall–Kier alpha value is -0.590. The van der Waals surface area contributed by atoms with Crippen LogP contribution in [-0.4, -0.2) is 52.8 Å². The van der Waals surface area contributed by atoms with Gasteiger partial charge in [-0.15, -0.1) is 0 Å². The molecule has 0 saturated heterocycles. The first kappa shape index (κ1) is 15.8. The lowest BCUT2D eigenvalue weighted by atomic mass is 9.76. The summed E-state index contributed by atoms with van der Waals surface area (Å²) in [6, 6.07) is 0.528. The molecule has 1 fully saturated rings. The quantitative estimate of drug-likeness (QED) is 0.760. The molecule has 0 aromatic heterocycles. The third-order valence-electron chi connectivity index (χ3n) is 4.53. The van der Waals surface area contributed by atoms with Gasteiger partial charge in [-0.2, -0.15) is 0 Å². The molecule has 2 rings (SSSR count). The van der Waals surface area contributed by atoms with Crippen molar-refractivity contribution in [2.45, 2.75) is 31.7 Å². The topological polar surface area (TPSA) is 61.4 Å². The van der Waals surface area contributed by atoms with Crippen LogP contribution in [0.1, 0.15) is 25.7 Å². The Morgan fingerprint density at radius 1 is 1.40 bits per heavy atom. The van der Waals surface area contributed by atoms with E-state index < -0.39 is 10.0 Å². The number of hydrogen-bond donors (Lipinski definition) is 2. The van der Waals surface area contributed by atoms with Crippen LogP contribution < -0.4 is 10.0 Å². The zero-order valence-electron chi connectivity index (χ0n) is 12.7. The number of nitrogens with one attached hydrogen (secondary N) is 2. The van der Waals surface area contributed by atoms with Crippen LogP contribution in [0.25, 0.3) is 0 Å². The molecule has 5 nitrogen and oxygen atoms in total. The fourth-order valence-electron chi connectivity index (χ4n) is 3.34. The molecule has 2 N–H and O–H groups in total. The fraction of sp³-hybridized carbons (Fsp3) is 0.857. The van der Waals surface area contributed by atoms with Gasteiger partial charge >= 0.3 is 0 Å². The minimum absolute atomic E-state index is 0.272. The SMILES string of the molecule is CNS(=O)(=O)CC1CCC2NC=C(CCN(C)C)C2C1. The summed E-state index contributed by atoms with van der Waals surface area (Å²) in [6.45, 7) is 1.05. The standard InChI is InChI=1S/C14H27N3O2S/c1-15-20(18,19)10-11-4-5-14-13(8-11)12(9-16-14)6-7-17(2)3/h9,11,13-16H,4-8,10H2,1-3H3. The van der Waals surface area contributed by atoms with Crippen molar-refractivity contribution in [3.63, 3.8) is 0 Å². The molecule has 0 bridgehead atoms. The lowest BCUT2D eigenvalue weighted by molar-refractivity contribution is 0.268. The summed E-state index contributed by atoms with van der Waals surface area (Å²) in [4.78, 5) is 2.19. The van der Waals surface area contributed by atoms with Gasteiger partial charge in [-0.25, -0.2) is 13.1 Å². The van der Waals surface area contributed by atoms with Crippen LogP contribution in [0, 0.1) is 11.8 Å². The zero-order valence-corrected chi connectivity index (χ0v) is 13.5. The van der Waals surface area contributed by atoms with Gasteiger partial charge in [0.15, 0.2) is 0 Å². The molecule has 0 aromatic carbocycles. The van der Waals surface area contributed by atoms with E-state index in [0.29, 0.717) is 12.0 Å². The number of sulfonamides is 1. The van der Waals surface area contributed by atoms with Gasteiger partial charge < -0.3 is 10.2 Å². The summed E-state index contributed by atoms with van der Waals surface area (Å²) >= 11 is 0. The smallest absolute Gasteiger partial charge is 0.211 e. The average molecular weight is 301 g/mol. The average Bonchev–Trinajstić information content (AvgIpc) is 2.78. The van der Waals surface area contributed by atoms with E-state index >= 15 is 0 Å². The van der Waals surface area contributed by atoms with Crippen LogP contribution in [0.3, 0.4) is 0 Å². The number of rotatable bonds is 6. The van der Waals surface area contributed by atoms with Gasteiger partial charge in [-0.05, 0) is 64.5 Å². The molecule has 2 aliphatic rings. The Morgan fingerprint density at radius 2 is 2.15 bits per heavy atom. The maximum atomic E-state index is 11.7. The second kappa shape index (κ2) is 6.45. The summed E-state index contributed by atoms with van der Waals surface area (Å²) in [5.74, 6) is 1.09. The van der Waals surface area contributed by atoms with Gasteiger partial charge in [0.25, 0.3) is 0 Å². The first-order valence-corrected chi connectivity index (χ1v) is 9.07. The van der Waals surface area contributed by atoms with Crippen molar-refractivity contribution >= 4 is 10.0 Å². The van der Waals surface area contributed by atoms with Crippen molar-refractivity contribution in [3.05, 3.63) is 11.8 Å². The first-order chi connectivity index (χ1) is 9.41. The fourth-order valence-corrected chi connectivity index (χ4v) is 4.43. The van der Waals surface area contributed by atoms with E-state index in [0.717, 1.165) is 32.2 Å². The van der Waals surface area contributed by atoms with Crippen molar-refractivity contribution in [3.8, 4) is 0 Å². The molecule has 0 radical (unpaired) electrons. The molecule has 1 saturated carbocycles. The largest absolute Gasteiger partial charge is 0.388 e. The van der Waals surface area contributed by atoms with E-state index in [9.17, 15) is 8.42 Å². The molecule has 116 valence electrons. The summed E-state index contributed by atoms with van der Waals surface area (Å²) < 4.78 is 25.9. The normalized spacial score (nSPS) is 30.0. The highest BCUT2D eigenvalue weighted by Gasteiger charge is 2.36. The predicted molar refractivity (Wildman–Crippen MR) is 81.9 cm³/mol. The minimum atomic E-state index is -3.09. The number of fused-ring (bicyclic) bond motifs is 1. The van der Waals surface area contributed by atoms with Crippen molar-refractivity contribution in [1.29, 1.82) is 0 Å². The highest BCUT2D eigenvalue weighted by atomic mass is 32.2. The van der Waals surface area contributed by atoms with E-state index in [4.69, 9.17) is 0 Å². The molecule has 20 heavy (non-hydrogen) atoms. The molecule has 1 aliphatic heterocycles. The van der Waals surface area contributed by atoms with Crippen LogP contribution in [0.2, 0.25) is 0 Å². The van der Waals surface area contributed by atoms with Crippen LogP contribution in [0.15, 0.2) is 11.8 Å². The van der Waals surface area contributed by atoms with E-state index in [-0.39, 0.29) is 11.7 Å². The lowest BCUT2D eigenvalue weighted by Gasteiger charge is -2.33. The van der Waals surface area contributed by atoms with Gasteiger partial charge in [0.1, 0.15) is 0 Å². The maximum Gasteiger partial charge on any atom is 0.211 e. The van der Waals surface area contributed by atoms with Crippen LogP contribution in [0.5, 0.6) is 0 Å². The molecule has 3 atom stereocenters. The molecule has 3 unspecified atom stereocenters. The van der Waals surface area contributed by atoms with Gasteiger partial charge in [-0.1, -0.05) is 0 Å². The molecular weight excluding hydrogens is 274 g/mol. The summed E-state index contributed by atoms with van der Waals surface area (Å²) in [5, 5.41) is 3.48. The highest BCUT2D eigenvalue weighted by Crippen LogP contribution is 2.38. The second-order valence-electron chi connectivity index (χ2n) is 6.32. The molecule has 0 spiro atoms. The van der Waals surface area contributed by atoms with Crippen molar-refractivity contribution in [1.82, 2.24) is 14.9 Å². The number of nitrogens with zero attached hydrogens (tertiary/aromatic N) is 1. The van der Waals surface area contributed by atoms with Gasteiger partial charge in [0.2, 0.25) is 10.0 Å². The van der Waals surface area contributed by atoms with Crippen LogP contribution in [-0.2, 0) is 10.0 Å². The molecule has 1 aliphatic carbocycles. The minimum Gasteiger partial charge on any atom is -0.388 e. The molecular formula is C14H27N3O2S. The maximum absolute atomic E-state index is 11.7. The highest BCUT2D eigenvalue weighted by molar-refractivity contribution is 7.89. The van der Waals surface area contributed by atoms with Gasteiger partial charge in [0.05, 0.1) is 5.75 Å². The van der Waals surface area contributed by atoms with E-state index in [1.807, 2.05) is 0 Å². The third kappa shape index (κ3) is 3.96. The molecule has 0 aromatic rings. The molecule has 0 amide bonds. The van der Waals surface area contributed by atoms with E-state index in [1.54, 1.807) is 0 Å². The van der Waals surface area contributed by atoms with Crippen molar-refractivity contribution < 1.29 is 8.42 Å². The Morgan fingerprint density at radius 3 is 2.80 bits per heavy atom. The van der Waals surface area contributed by atoms with E-state index in [1.165, 1.54) is 12.6 Å². The van der Waals surface area contributed by atoms with Crippen molar-refractivity contribution in [2.75, 3.05) is 33.4 Å². The van der Waals surface area contributed by atoms with Gasteiger partial charge in [0, 0.05) is 18.5 Å². The number of hydrogen-bond acceptors (Lipinski definition) is 4. The Labute approximate surface area is 122 Å². The van der Waals surface area contributed by atoms with Crippen LogP contribution >= 0.6 is 0 Å². The third-order valence-corrected chi connectivity index (χ3v) is 6.06. The Balaban J connectivity index is 1.93. The Bertz CT molecular complexity index is 459. The molecule has 1 heterocycles. The zero-order chi connectivity index (χ0) is 14.8. The summed E-state index contributed by atoms with van der Waals surface area (Å²) in [7, 11) is 2.59. The second-order valence-corrected chi connectivity index (χ2v) is 8.29. The summed E-state index contributed by atoms with van der Waals surface area (Å²) in [6.07, 6.45) is 6.33. The van der Waals surface area contributed by atoms with Crippen LogP contribution in [0.4, 0.5) is 0 Å². The predicted octanol–water partition coefficient (Wildman–Crippen LogP) is 0.759. The van der Waals surface area contributed by atoms with Gasteiger partial charge in [-0.3, -0.25) is 0 Å². The lowest BCUT2D eigenvalue weighted by Crippen LogP contribution is -2.37. The molecule has 6 heteroatoms. The van der Waals surface area contributed by atoms with Crippen molar-refractivity contribution in [2.24, 2.45) is 11.8 Å². The first-order valence-electron chi connectivity index (χ1n) is 7.42. The Kier molecular flexibility index (Phi) is 5.09.